The normalized spacial score (nSPS) is 16.3. The van der Waals surface area contributed by atoms with E-state index in [1.165, 1.54) is 0 Å². The molecule has 1 fully saturated rings. The Morgan fingerprint density at radius 1 is 1.21 bits per heavy atom. The van der Waals surface area contributed by atoms with Crippen LogP contribution in [0.15, 0.2) is 48.8 Å². The molecule has 0 saturated heterocycles. The van der Waals surface area contributed by atoms with Crippen LogP contribution in [0.2, 0.25) is 0 Å². The summed E-state index contributed by atoms with van der Waals surface area (Å²) in [6, 6.07) is 10.9. The van der Waals surface area contributed by atoms with E-state index >= 15 is 0 Å². The fourth-order valence-corrected chi connectivity index (χ4v) is 5.04. The number of ketones is 1. The summed E-state index contributed by atoms with van der Waals surface area (Å²) in [5, 5.41) is 21.6. The Kier molecular flexibility index (Phi) is 6.87. The van der Waals surface area contributed by atoms with Crippen molar-refractivity contribution >= 4 is 28.5 Å². The van der Waals surface area contributed by atoms with Crippen LogP contribution in [-0.4, -0.2) is 38.7 Å². The van der Waals surface area contributed by atoms with Gasteiger partial charge >= 0.3 is 6.09 Å². The molecule has 2 heterocycles. The maximum Gasteiger partial charge on any atom is 0.405 e. The monoisotopic (exact) mass is 446 g/mol. The molecule has 1 saturated carbocycles. The van der Waals surface area contributed by atoms with Gasteiger partial charge < -0.3 is 20.8 Å². The van der Waals surface area contributed by atoms with Crippen LogP contribution in [0.4, 0.5) is 4.79 Å². The molecule has 1 aliphatic carbocycles. The molecule has 0 spiro atoms. The van der Waals surface area contributed by atoms with E-state index in [2.05, 4.69) is 15.3 Å². The van der Waals surface area contributed by atoms with E-state index in [9.17, 15) is 14.7 Å². The van der Waals surface area contributed by atoms with Gasteiger partial charge in [0.25, 0.3) is 0 Å². The second-order valence-electron chi connectivity index (χ2n) is 8.79. The minimum Gasteiger partial charge on any atom is -0.465 e. The first-order chi connectivity index (χ1) is 16.0. The van der Waals surface area contributed by atoms with Crippen molar-refractivity contribution in [1.29, 1.82) is 5.41 Å². The maximum absolute atomic E-state index is 13.4. The fraction of sp³-hybridized carbons (Fsp3) is 0.385. The lowest BCUT2D eigenvalue weighted by molar-refractivity contribution is -0.116. The average molecular weight is 447 g/mol. The number of amides is 1. The number of fused-ring (bicyclic) bond motifs is 1. The second-order valence-corrected chi connectivity index (χ2v) is 8.79. The van der Waals surface area contributed by atoms with Crippen molar-refractivity contribution in [2.75, 3.05) is 0 Å². The minimum absolute atomic E-state index is 0.0436. The smallest absolute Gasteiger partial charge is 0.405 e. The zero-order valence-corrected chi connectivity index (χ0v) is 18.8. The van der Waals surface area contributed by atoms with Crippen molar-refractivity contribution < 1.29 is 14.7 Å². The highest BCUT2D eigenvalue weighted by Crippen LogP contribution is 2.32. The molecule has 4 N–H and O–H groups in total. The van der Waals surface area contributed by atoms with E-state index in [1.807, 2.05) is 49.5 Å². The van der Waals surface area contributed by atoms with Gasteiger partial charge in [-0.25, -0.2) is 4.79 Å². The zero-order valence-electron chi connectivity index (χ0n) is 18.8. The van der Waals surface area contributed by atoms with Gasteiger partial charge in [-0.05, 0) is 48.9 Å². The maximum atomic E-state index is 13.4. The number of nitrogens with one attached hydrogen (secondary N) is 3. The summed E-state index contributed by atoms with van der Waals surface area (Å²) in [5.41, 5.74) is 3.55. The second kappa shape index (κ2) is 9.98. The Morgan fingerprint density at radius 3 is 2.70 bits per heavy atom. The van der Waals surface area contributed by atoms with Crippen molar-refractivity contribution in [3.05, 3.63) is 54.4 Å². The van der Waals surface area contributed by atoms with Gasteiger partial charge in [0.1, 0.15) is 0 Å². The molecule has 2 atom stereocenters. The highest BCUT2D eigenvalue weighted by molar-refractivity contribution is 6.42. The molecule has 0 radical (unpaired) electrons. The Hall–Kier alpha value is -3.48. The van der Waals surface area contributed by atoms with E-state index in [4.69, 9.17) is 5.41 Å². The quantitative estimate of drug-likeness (QED) is 0.340. The third kappa shape index (κ3) is 4.82. The number of carbonyl (C=O) groups is 2. The number of para-hydroxylation sites is 1. The molecule has 0 unspecified atom stereocenters. The first-order valence-electron chi connectivity index (χ1n) is 11.6. The number of rotatable bonds is 8. The summed E-state index contributed by atoms with van der Waals surface area (Å²) in [7, 11) is 0. The van der Waals surface area contributed by atoms with Crippen molar-refractivity contribution in [1.82, 2.24) is 15.3 Å². The number of aromatic amines is 1. The Morgan fingerprint density at radius 2 is 1.97 bits per heavy atom. The predicted octanol–water partition coefficient (Wildman–Crippen LogP) is 5.53. The molecule has 1 aliphatic rings. The van der Waals surface area contributed by atoms with Gasteiger partial charge in [0.2, 0.25) is 0 Å². The summed E-state index contributed by atoms with van der Waals surface area (Å²) in [5.74, 6) is -0.896. The first kappa shape index (κ1) is 22.7. The standard InChI is InChI=1S/C26H30N4O3/c1-2-18(23(27)25(31)24(30-26(32)33)16-8-4-3-5-9-16)17-12-13-28-22(14-17)20-15-29-21-11-7-6-10-19(20)21/h6-7,10-16,18,24,27,29-30H,2-5,8-9H2,1H3,(H,32,33)/t18-,24-/m0/s1. The van der Waals surface area contributed by atoms with Crippen molar-refractivity contribution in [2.45, 2.75) is 57.4 Å². The lowest BCUT2D eigenvalue weighted by Crippen LogP contribution is -2.49. The molecule has 2 aromatic heterocycles. The van der Waals surface area contributed by atoms with E-state index in [-0.39, 0.29) is 11.6 Å². The highest BCUT2D eigenvalue weighted by Gasteiger charge is 2.35. The lowest BCUT2D eigenvalue weighted by atomic mass is 9.79. The van der Waals surface area contributed by atoms with Gasteiger partial charge in [0.15, 0.2) is 5.78 Å². The van der Waals surface area contributed by atoms with Crippen LogP contribution in [0.3, 0.4) is 0 Å². The van der Waals surface area contributed by atoms with Crippen LogP contribution in [0.5, 0.6) is 0 Å². The lowest BCUT2D eigenvalue weighted by Gasteiger charge is -2.30. The number of carbonyl (C=O) groups excluding carboxylic acids is 1. The summed E-state index contributed by atoms with van der Waals surface area (Å²) >= 11 is 0. The third-order valence-electron chi connectivity index (χ3n) is 6.76. The Labute approximate surface area is 193 Å². The van der Waals surface area contributed by atoms with Gasteiger partial charge in [0.05, 0.1) is 17.4 Å². The number of Topliss-reactive ketones (excluding diaryl/α,β-unsaturated/α-hetero) is 1. The van der Waals surface area contributed by atoms with Crippen LogP contribution >= 0.6 is 0 Å². The number of carboxylic acid groups (broad SMARTS) is 1. The number of hydrogen-bond donors (Lipinski definition) is 4. The van der Waals surface area contributed by atoms with Crippen molar-refractivity contribution in [2.24, 2.45) is 5.92 Å². The Balaban J connectivity index is 1.62. The number of aromatic nitrogens is 2. The molecule has 7 nitrogen and oxygen atoms in total. The zero-order chi connectivity index (χ0) is 23.4. The van der Waals surface area contributed by atoms with Gasteiger partial charge in [-0.2, -0.15) is 0 Å². The number of H-pyrrole nitrogens is 1. The SMILES string of the molecule is CC[C@H](C(=N)C(=O)[C@@H](NC(=O)O)C1CCCCC1)c1ccnc(-c2c[nH]c3ccccc23)c1. The van der Waals surface area contributed by atoms with E-state index < -0.39 is 23.8 Å². The molecule has 33 heavy (non-hydrogen) atoms. The summed E-state index contributed by atoms with van der Waals surface area (Å²) in [4.78, 5) is 32.6. The predicted molar refractivity (Wildman–Crippen MR) is 129 cm³/mol. The van der Waals surface area contributed by atoms with Gasteiger partial charge in [-0.1, -0.05) is 44.4 Å². The van der Waals surface area contributed by atoms with E-state index in [0.717, 1.165) is 59.8 Å². The molecule has 0 aliphatic heterocycles. The van der Waals surface area contributed by atoms with E-state index in [1.54, 1.807) is 6.20 Å². The fourth-order valence-electron chi connectivity index (χ4n) is 5.04. The van der Waals surface area contributed by atoms with Crippen LogP contribution in [0.1, 0.15) is 56.9 Å². The third-order valence-corrected chi connectivity index (χ3v) is 6.76. The molecule has 1 amide bonds. The van der Waals surface area contributed by atoms with E-state index in [0.29, 0.717) is 6.42 Å². The molecule has 172 valence electrons. The highest BCUT2D eigenvalue weighted by atomic mass is 16.4. The number of pyridine rings is 1. The summed E-state index contributed by atoms with van der Waals surface area (Å²) in [6.45, 7) is 1.94. The van der Waals surface area contributed by atoms with Crippen LogP contribution in [0.25, 0.3) is 22.2 Å². The summed E-state index contributed by atoms with van der Waals surface area (Å²) in [6.07, 6.45) is 7.66. The largest absolute Gasteiger partial charge is 0.465 e. The van der Waals surface area contributed by atoms with Crippen LogP contribution in [-0.2, 0) is 4.79 Å². The number of hydrogen-bond acceptors (Lipinski definition) is 4. The summed E-state index contributed by atoms with van der Waals surface area (Å²) < 4.78 is 0. The molecule has 1 aromatic carbocycles. The molecule has 0 bridgehead atoms. The van der Waals surface area contributed by atoms with Crippen molar-refractivity contribution in [3.63, 3.8) is 0 Å². The molecular weight excluding hydrogens is 416 g/mol. The first-order valence-corrected chi connectivity index (χ1v) is 11.6. The van der Waals surface area contributed by atoms with Gasteiger partial charge in [-0.3, -0.25) is 9.78 Å². The molecule has 3 aromatic rings. The van der Waals surface area contributed by atoms with Gasteiger partial charge in [-0.15, -0.1) is 0 Å². The van der Waals surface area contributed by atoms with Gasteiger partial charge in [0, 0.05) is 34.8 Å². The molecule has 4 rings (SSSR count). The Bertz CT molecular complexity index is 1160. The average Bonchev–Trinajstić information content (AvgIpc) is 3.27. The minimum atomic E-state index is -1.22. The van der Waals surface area contributed by atoms with Crippen LogP contribution in [0, 0.1) is 11.3 Å². The van der Waals surface area contributed by atoms with Crippen molar-refractivity contribution in [3.8, 4) is 11.3 Å². The number of nitrogens with zero attached hydrogens (tertiary/aromatic N) is 1. The number of benzene rings is 1. The molecule has 7 heteroatoms. The molecular formula is C26H30N4O3. The van der Waals surface area contributed by atoms with Crippen LogP contribution < -0.4 is 5.32 Å². The topological polar surface area (TPSA) is 119 Å².